The summed E-state index contributed by atoms with van der Waals surface area (Å²) < 4.78 is 5.62. The fraction of sp³-hybridized carbons (Fsp3) is 0.263. The predicted molar refractivity (Wildman–Crippen MR) is 93.9 cm³/mol. The van der Waals surface area contributed by atoms with Crippen LogP contribution in [0.5, 0.6) is 5.75 Å². The first-order valence-corrected chi connectivity index (χ1v) is 7.86. The molecule has 5 nitrogen and oxygen atoms in total. The SMILES string of the molecule is Cc1cccc(CNC(=O)C(=O)Nc2ccccc2OC(C)C)c1. The lowest BCUT2D eigenvalue weighted by molar-refractivity contribution is -0.136. The molecule has 0 saturated carbocycles. The van der Waals surface area contributed by atoms with Gasteiger partial charge in [0.15, 0.2) is 0 Å². The van der Waals surface area contributed by atoms with Crippen LogP contribution in [0.25, 0.3) is 0 Å². The summed E-state index contributed by atoms with van der Waals surface area (Å²) in [6.07, 6.45) is -0.0294. The molecule has 2 amide bonds. The third-order valence-corrected chi connectivity index (χ3v) is 3.24. The average Bonchev–Trinajstić information content (AvgIpc) is 2.54. The highest BCUT2D eigenvalue weighted by Gasteiger charge is 2.15. The summed E-state index contributed by atoms with van der Waals surface area (Å²) in [5, 5.41) is 5.20. The van der Waals surface area contributed by atoms with Gasteiger partial charge in [-0.3, -0.25) is 9.59 Å². The monoisotopic (exact) mass is 326 g/mol. The molecule has 2 aromatic rings. The number of nitrogens with one attached hydrogen (secondary N) is 2. The van der Waals surface area contributed by atoms with Crippen LogP contribution < -0.4 is 15.4 Å². The van der Waals surface area contributed by atoms with Crippen molar-refractivity contribution >= 4 is 17.5 Å². The Balaban J connectivity index is 1.96. The molecule has 24 heavy (non-hydrogen) atoms. The number of ether oxygens (including phenoxy) is 1. The van der Waals surface area contributed by atoms with Crippen molar-refractivity contribution in [2.75, 3.05) is 5.32 Å². The topological polar surface area (TPSA) is 67.4 Å². The van der Waals surface area contributed by atoms with Crippen LogP contribution in [0, 0.1) is 6.92 Å². The van der Waals surface area contributed by atoms with E-state index in [1.165, 1.54) is 0 Å². The minimum atomic E-state index is -0.720. The van der Waals surface area contributed by atoms with Crippen molar-refractivity contribution in [2.24, 2.45) is 0 Å². The molecule has 2 N–H and O–H groups in total. The van der Waals surface area contributed by atoms with Crippen LogP contribution >= 0.6 is 0 Å². The predicted octanol–water partition coefficient (Wildman–Crippen LogP) is 3.04. The molecule has 5 heteroatoms. The van der Waals surface area contributed by atoms with E-state index in [0.717, 1.165) is 11.1 Å². The molecule has 0 atom stereocenters. The molecule has 0 saturated heterocycles. The third-order valence-electron chi connectivity index (χ3n) is 3.24. The van der Waals surface area contributed by atoms with E-state index in [1.54, 1.807) is 18.2 Å². The molecule has 0 aliphatic carbocycles. The van der Waals surface area contributed by atoms with Crippen LogP contribution in [-0.4, -0.2) is 17.9 Å². The lowest BCUT2D eigenvalue weighted by Gasteiger charge is -2.14. The zero-order valence-corrected chi connectivity index (χ0v) is 14.1. The second kappa shape index (κ2) is 8.15. The van der Waals surface area contributed by atoms with Crippen LogP contribution in [0.3, 0.4) is 0 Å². The first kappa shape index (κ1) is 17.5. The zero-order valence-electron chi connectivity index (χ0n) is 14.1. The molecule has 0 aliphatic rings. The second-order valence-corrected chi connectivity index (χ2v) is 5.79. The van der Waals surface area contributed by atoms with Crippen molar-refractivity contribution in [2.45, 2.75) is 33.4 Å². The van der Waals surface area contributed by atoms with Gasteiger partial charge in [0, 0.05) is 6.54 Å². The molecule has 0 heterocycles. The Labute approximate surface area is 142 Å². The lowest BCUT2D eigenvalue weighted by Crippen LogP contribution is -2.35. The van der Waals surface area contributed by atoms with E-state index in [-0.39, 0.29) is 6.10 Å². The zero-order chi connectivity index (χ0) is 17.5. The van der Waals surface area contributed by atoms with Gasteiger partial charge in [-0.15, -0.1) is 0 Å². The molecule has 0 unspecified atom stereocenters. The number of carbonyl (C=O) groups excluding carboxylic acids is 2. The van der Waals surface area contributed by atoms with Gasteiger partial charge in [0.05, 0.1) is 11.8 Å². The molecule has 2 rings (SSSR count). The van der Waals surface area contributed by atoms with E-state index in [4.69, 9.17) is 4.74 Å². The first-order chi connectivity index (χ1) is 11.5. The van der Waals surface area contributed by atoms with Crippen molar-refractivity contribution in [3.8, 4) is 5.75 Å². The summed E-state index contributed by atoms with van der Waals surface area (Å²) in [7, 11) is 0. The molecule has 0 bridgehead atoms. The van der Waals surface area contributed by atoms with Gasteiger partial charge in [-0.25, -0.2) is 0 Å². The van der Waals surface area contributed by atoms with Crippen molar-refractivity contribution in [1.82, 2.24) is 5.32 Å². The number of para-hydroxylation sites is 2. The Morgan fingerprint density at radius 1 is 1.04 bits per heavy atom. The molecule has 0 radical (unpaired) electrons. The number of amides is 2. The number of benzene rings is 2. The first-order valence-electron chi connectivity index (χ1n) is 7.86. The molecule has 2 aromatic carbocycles. The quantitative estimate of drug-likeness (QED) is 0.830. The van der Waals surface area contributed by atoms with Gasteiger partial charge in [0.2, 0.25) is 0 Å². The molecule has 0 aliphatic heterocycles. The van der Waals surface area contributed by atoms with E-state index in [0.29, 0.717) is 18.0 Å². The maximum absolute atomic E-state index is 12.1. The molecule has 0 fully saturated rings. The number of rotatable bonds is 5. The smallest absolute Gasteiger partial charge is 0.313 e. The Hall–Kier alpha value is -2.82. The van der Waals surface area contributed by atoms with Gasteiger partial charge in [0.1, 0.15) is 5.75 Å². The molecular formula is C19H22N2O3. The third kappa shape index (κ3) is 5.12. The summed E-state index contributed by atoms with van der Waals surface area (Å²) in [4.78, 5) is 24.0. The van der Waals surface area contributed by atoms with Gasteiger partial charge in [-0.1, -0.05) is 42.0 Å². The summed E-state index contributed by atoms with van der Waals surface area (Å²) in [5.41, 5.74) is 2.52. The van der Waals surface area contributed by atoms with E-state index in [9.17, 15) is 9.59 Å². The fourth-order valence-corrected chi connectivity index (χ4v) is 2.19. The van der Waals surface area contributed by atoms with Crippen LogP contribution in [0.4, 0.5) is 5.69 Å². The standard InChI is InChI=1S/C19H22N2O3/c1-13(2)24-17-10-5-4-9-16(17)21-19(23)18(22)20-12-15-8-6-7-14(3)11-15/h4-11,13H,12H2,1-3H3,(H,20,22)(H,21,23). The molecular weight excluding hydrogens is 304 g/mol. The Kier molecular flexibility index (Phi) is 5.95. The average molecular weight is 326 g/mol. The van der Waals surface area contributed by atoms with Gasteiger partial charge in [-0.2, -0.15) is 0 Å². The van der Waals surface area contributed by atoms with Crippen molar-refractivity contribution in [3.05, 3.63) is 59.7 Å². The van der Waals surface area contributed by atoms with Gasteiger partial charge in [-0.05, 0) is 38.5 Å². The number of carbonyl (C=O) groups is 2. The molecule has 0 spiro atoms. The maximum atomic E-state index is 12.1. The minimum absolute atomic E-state index is 0.0294. The van der Waals surface area contributed by atoms with Crippen molar-refractivity contribution in [1.29, 1.82) is 0 Å². The number of hydrogen-bond acceptors (Lipinski definition) is 3. The number of anilines is 1. The molecule has 0 aromatic heterocycles. The van der Waals surface area contributed by atoms with Crippen LogP contribution in [-0.2, 0) is 16.1 Å². The largest absolute Gasteiger partial charge is 0.489 e. The van der Waals surface area contributed by atoms with E-state index in [1.807, 2.05) is 51.1 Å². The van der Waals surface area contributed by atoms with Gasteiger partial charge >= 0.3 is 11.8 Å². The lowest BCUT2D eigenvalue weighted by atomic mass is 10.1. The normalized spacial score (nSPS) is 10.3. The minimum Gasteiger partial charge on any atom is -0.489 e. The van der Waals surface area contributed by atoms with E-state index >= 15 is 0 Å². The maximum Gasteiger partial charge on any atom is 0.313 e. The molecule has 126 valence electrons. The second-order valence-electron chi connectivity index (χ2n) is 5.79. The Morgan fingerprint density at radius 3 is 2.50 bits per heavy atom. The van der Waals surface area contributed by atoms with E-state index in [2.05, 4.69) is 10.6 Å². The number of hydrogen-bond donors (Lipinski definition) is 2. The highest BCUT2D eigenvalue weighted by Crippen LogP contribution is 2.24. The summed E-state index contributed by atoms with van der Waals surface area (Å²) in [6, 6.07) is 14.8. The highest BCUT2D eigenvalue weighted by molar-refractivity contribution is 6.39. The fourth-order valence-electron chi connectivity index (χ4n) is 2.19. The van der Waals surface area contributed by atoms with E-state index < -0.39 is 11.8 Å². The van der Waals surface area contributed by atoms with Gasteiger partial charge < -0.3 is 15.4 Å². The summed E-state index contributed by atoms with van der Waals surface area (Å²) in [5.74, 6) is -0.870. The van der Waals surface area contributed by atoms with Crippen LogP contribution in [0.15, 0.2) is 48.5 Å². The number of aryl methyl sites for hydroxylation is 1. The Morgan fingerprint density at radius 2 is 1.79 bits per heavy atom. The summed E-state index contributed by atoms with van der Waals surface area (Å²) in [6.45, 7) is 6.07. The van der Waals surface area contributed by atoms with Crippen LogP contribution in [0.1, 0.15) is 25.0 Å². The van der Waals surface area contributed by atoms with Crippen molar-refractivity contribution < 1.29 is 14.3 Å². The highest BCUT2D eigenvalue weighted by atomic mass is 16.5. The van der Waals surface area contributed by atoms with Crippen molar-refractivity contribution in [3.63, 3.8) is 0 Å². The summed E-state index contributed by atoms with van der Waals surface area (Å²) >= 11 is 0. The van der Waals surface area contributed by atoms with Gasteiger partial charge in [0.25, 0.3) is 0 Å². The Bertz CT molecular complexity index is 726. The van der Waals surface area contributed by atoms with Crippen LogP contribution in [0.2, 0.25) is 0 Å².